The van der Waals surface area contributed by atoms with Crippen molar-refractivity contribution in [2.24, 2.45) is 0 Å². The predicted octanol–water partition coefficient (Wildman–Crippen LogP) is 3.59. The van der Waals surface area contributed by atoms with E-state index in [4.69, 9.17) is 26.4 Å². The first kappa shape index (κ1) is 24.6. The van der Waals surface area contributed by atoms with Gasteiger partial charge in [0, 0.05) is 50.1 Å². The van der Waals surface area contributed by atoms with Gasteiger partial charge in [0.05, 0.1) is 21.3 Å². The highest BCUT2D eigenvalue weighted by Gasteiger charge is 2.22. The number of benzene rings is 1. The molecular formula is C23H34N6O3S. The van der Waals surface area contributed by atoms with Crippen LogP contribution in [0.5, 0.6) is 17.2 Å². The van der Waals surface area contributed by atoms with Crippen molar-refractivity contribution in [1.29, 1.82) is 0 Å². The maximum atomic E-state index is 5.55. The molecule has 1 saturated carbocycles. The Kier molecular flexibility index (Phi) is 8.37. The van der Waals surface area contributed by atoms with E-state index in [0.29, 0.717) is 34.4 Å². The SMILES string of the molecule is COc1cc(NC(=S)N[C@H]2CC[C@@H](Nc3cc(N(C)C)nc(C)n3)CC2)cc(OC)c1OC. The lowest BCUT2D eigenvalue weighted by Gasteiger charge is -2.31. The summed E-state index contributed by atoms with van der Waals surface area (Å²) in [5.41, 5.74) is 0.771. The van der Waals surface area contributed by atoms with Crippen molar-refractivity contribution in [1.82, 2.24) is 15.3 Å². The number of anilines is 3. The summed E-state index contributed by atoms with van der Waals surface area (Å²) in [7, 11) is 8.73. The fourth-order valence-corrected chi connectivity index (χ4v) is 4.24. The van der Waals surface area contributed by atoms with E-state index in [1.54, 1.807) is 21.3 Å². The predicted molar refractivity (Wildman–Crippen MR) is 136 cm³/mol. The van der Waals surface area contributed by atoms with E-state index in [1.165, 1.54) is 0 Å². The first-order valence-corrected chi connectivity index (χ1v) is 11.4. The molecule has 0 radical (unpaired) electrons. The molecule has 33 heavy (non-hydrogen) atoms. The lowest BCUT2D eigenvalue weighted by molar-refractivity contribution is 0.324. The third kappa shape index (κ3) is 6.50. The Morgan fingerprint density at radius 2 is 1.55 bits per heavy atom. The number of ether oxygens (including phenoxy) is 3. The van der Waals surface area contributed by atoms with Crippen LogP contribution in [-0.4, -0.2) is 62.6 Å². The lowest BCUT2D eigenvalue weighted by atomic mass is 9.91. The van der Waals surface area contributed by atoms with Crippen molar-refractivity contribution < 1.29 is 14.2 Å². The van der Waals surface area contributed by atoms with Crippen molar-refractivity contribution in [3.05, 3.63) is 24.0 Å². The minimum absolute atomic E-state index is 0.314. The summed E-state index contributed by atoms with van der Waals surface area (Å²) >= 11 is 5.55. The van der Waals surface area contributed by atoms with E-state index in [0.717, 1.165) is 48.8 Å². The third-order valence-corrected chi connectivity index (χ3v) is 5.84. The molecule has 0 aliphatic heterocycles. The minimum atomic E-state index is 0.314. The quantitative estimate of drug-likeness (QED) is 0.493. The van der Waals surface area contributed by atoms with Crippen molar-refractivity contribution in [2.45, 2.75) is 44.7 Å². The van der Waals surface area contributed by atoms with E-state index in [-0.39, 0.29) is 0 Å². The molecule has 1 aliphatic carbocycles. The Labute approximate surface area is 201 Å². The molecule has 0 atom stereocenters. The molecule has 0 spiro atoms. The van der Waals surface area contributed by atoms with E-state index in [9.17, 15) is 0 Å². The Hall–Kier alpha value is -3.01. The van der Waals surface area contributed by atoms with Gasteiger partial charge in [-0.3, -0.25) is 0 Å². The third-order valence-electron chi connectivity index (χ3n) is 5.62. The highest BCUT2D eigenvalue weighted by Crippen LogP contribution is 2.40. The monoisotopic (exact) mass is 474 g/mol. The zero-order valence-corrected chi connectivity index (χ0v) is 21.0. The van der Waals surface area contributed by atoms with Gasteiger partial charge in [-0.2, -0.15) is 0 Å². The van der Waals surface area contributed by atoms with E-state index in [1.807, 2.05) is 44.1 Å². The molecule has 3 N–H and O–H groups in total. The summed E-state index contributed by atoms with van der Waals surface area (Å²) in [5, 5.41) is 10.8. The average Bonchev–Trinajstić information content (AvgIpc) is 2.79. The summed E-state index contributed by atoms with van der Waals surface area (Å²) < 4.78 is 16.2. The Balaban J connectivity index is 1.53. The first-order chi connectivity index (χ1) is 15.8. The van der Waals surface area contributed by atoms with Crippen LogP contribution in [0.25, 0.3) is 0 Å². The summed E-state index contributed by atoms with van der Waals surface area (Å²) in [4.78, 5) is 11.0. The molecule has 10 heteroatoms. The normalized spacial score (nSPS) is 17.6. The van der Waals surface area contributed by atoms with Crippen molar-refractivity contribution in [2.75, 3.05) is 51.0 Å². The molecule has 1 fully saturated rings. The van der Waals surface area contributed by atoms with Crippen LogP contribution in [0.15, 0.2) is 18.2 Å². The standard InChI is InChI=1S/C23H34N6O3S/c1-14-24-20(13-21(25-14)29(2)3)26-15-7-9-16(10-8-15)27-23(33)28-17-11-18(30-4)22(32-6)19(12-17)31-5/h11-13,15-16H,7-10H2,1-6H3,(H,24,25,26)(H2,27,28,33)/t15-,16+. The molecule has 3 rings (SSSR count). The van der Waals surface area contributed by atoms with Crippen molar-refractivity contribution in [3.63, 3.8) is 0 Å². The highest BCUT2D eigenvalue weighted by molar-refractivity contribution is 7.80. The average molecular weight is 475 g/mol. The molecular weight excluding hydrogens is 440 g/mol. The van der Waals surface area contributed by atoms with Gasteiger partial charge in [0.25, 0.3) is 0 Å². The number of methoxy groups -OCH3 is 3. The smallest absolute Gasteiger partial charge is 0.203 e. The summed E-state index contributed by atoms with van der Waals surface area (Å²) in [5.74, 6) is 4.25. The van der Waals surface area contributed by atoms with E-state index < -0.39 is 0 Å². The number of rotatable bonds is 8. The Morgan fingerprint density at radius 3 is 2.09 bits per heavy atom. The summed E-state index contributed by atoms with van der Waals surface area (Å²) in [6, 6.07) is 6.36. The van der Waals surface area contributed by atoms with Crippen LogP contribution in [0.4, 0.5) is 17.3 Å². The van der Waals surface area contributed by atoms with Crippen LogP contribution in [0.3, 0.4) is 0 Å². The number of aromatic nitrogens is 2. The molecule has 0 unspecified atom stereocenters. The second-order valence-corrected chi connectivity index (χ2v) is 8.67. The molecule has 1 aromatic heterocycles. The number of nitrogens with zero attached hydrogens (tertiary/aromatic N) is 3. The fraction of sp³-hybridized carbons (Fsp3) is 0.522. The minimum Gasteiger partial charge on any atom is -0.493 e. The molecule has 1 aliphatic rings. The van der Waals surface area contributed by atoms with Crippen LogP contribution < -0.4 is 35.1 Å². The molecule has 2 aromatic rings. The van der Waals surface area contributed by atoms with Crippen LogP contribution in [0, 0.1) is 6.92 Å². The van der Waals surface area contributed by atoms with E-state index >= 15 is 0 Å². The number of hydrogen-bond acceptors (Lipinski definition) is 8. The van der Waals surface area contributed by atoms with Gasteiger partial charge >= 0.3 is 0 Å². The van der Waals surface area contributed by atoms with Gasteiger partial charge in [-0.1, -0.05) is 0 Å². The van der Waals surface area contributed by atoms with Crippen LogP contribution >= 0.6 is 12.2 Å². The maximum absolute atomic E-state index is 5.55. The van der Waals surface area contributed by atoms with Crippen LogP contribution in [0.1, 0.15) is 31.5 Å². The number of hydrogen-bond donors (Lipinski definition) is 3. The fourth-order valence-electron chi connectivity index (χ4n) is 3.95. The van der Waals surface area contributed by atoms with Crippen LogP contribution in [-0.2, 0) is 0 Å². The van der Waals surface area contributed by atoms with Gasteiger partial charge in [-0.15, -0.1) is 0 Å². The van der Waals surface area contributed by atoms with Crippen molar-refractivity contribution >= 4 is 34.7 Å². The van der Waals surface area contributed by atoms with Gasteiger partial charge in [0.2, 0.25) is 5.75 Å². The summed E-state index contributed by atoms with van der Waals surface area (Å²) in [6.07, 6.45) is 4.09. The number of nitrogens with one attached hydrogen (secondary N) is 3. The highest BCUT2D eigenvalue weighted by atomic mass is 32.1. The van der Waals surface area contributed by atoms with Crippen molar-refractivity contribution in [3.8, 4) is 17.2 Å². The molecule has 180 valence electrons. The summed E-state index contributed by atoms with van der Waals surface area (Å²) in [6.45, 7) is 1.92. The first-order valence-electron chi connectivity index (χ1n) is 11.0. The Morgan fingerprint density at radius 1 is 0.939 bits per heavy atom. The second-order valence-electron chi connectivity index (χ2n) is 8.26. The molecule has 9 nitrogen and oxygen atoms in total. The number of aryl methyl sites for hydroxylation is 1. The van der Waals surface area contributed by atoms with Gasteiger partial charge < -0.3 is 35.1 Å². The van der Waals surface area contributed by atoms with Crippen LogP contribution in [0.2, 0.25) is 0 Å². The van der Waals surface area contributed by atoms with Gasteiger partial charge in [-0.05, 0) is 44.8 Å². The Bertz CT molecular complexity index is 938. The molecule has 0 saturated heterocycles. The molecule has 0 amide bonds. The lowest BCUT2D eigenvalue weighted by Crippen LogP contribution is -2.42. The van der Waals surface area contributed by atoms with Gasteiger partial charge in [0.1, 0.15) is 17.5 Å². The van der Waals surface area contributed by atoms with Gasteiger partial charge in [0.15, 0.2) is 16.6 Å². The zero-order chi connectivity index (χ0) is 24.0. The van der Waals surface area contributed by atoms with Gasteiger partial charge in [-0.25, -0.2) is 9.97 Å². The molecule has 1 aromatic carbocycles. The molecule has 1 heterocycles. The molecule has 0 bridgehead atoms. The maximum Gasteiger partial charge on any atom is 0.203 e. The zero-order valence-electron chi connectivity index (χ0n) is 20.2. The second kappa shape index (κ2) is 11.2. The number of thiocarbonyl (C=S) groups is 1. The van der Waals surface area contributed by atoms with E-state index in [2.05, 4.69) is 25.9 Å². The topological polar surface area (TPSA) is 92.8 Å². The largest absolute Gasteiger partial charge is 0.493 e.